The molecule has 0 saturated carbocycles. The van der Waals surface area contributed by atoms with Crippen LogP contribution in [0.5, 0.6) is 0 Å². The minimum absolute atomic E-state index is 0.0580. The van der Waals surface area contributed by atoms with Gasteiger partial charge in [0.2, 0.25) is 0 Å². The molecule has 1 aromatic carbocycles. The van der Waals surface area contributed by atoms with Gasteiger partial charge in [0.15, 0.2) is 11.6 Å². The molecule has 0 saturated heterocycles. The highest BCUT2D eigenvalue weighted by atomic mass is 19.2. The Kier molecular flexibility index (Phi) is 2.46. The fraction of sp³-hybridized carbons (Fsp3) is 0.273. The van der Waals surface area contributed by atoms with Crippen LogP contribution in [0.2, 0.25) is 0 Å². The summed E-state index contributed by atoms with van der Waals surface area (Å²) in [5, 5.41) is 0. The van der Waals surface area contributed by atoms with E-state index in [2.05, 4.69) is 0 Å². The van der Waals surface area contributed by atoms with E-state index in [1.165, 1.54) is 4.90 Å². The summed E-state index contributed by atoms with van der Waals surface area (Å²) in [6, 6.07) is 1.67. The molecule has 1 aliphatic rings. The van der Waals surface area contributed by atoms with Crippen LogP contribution in [0.1, 0.15) is 23.7 Å². The molecule has 0 spiro atoms. The number of hydrogen-bond donors (Lipinski definition) is 0. The summed E-state index contributed by atoms with van der Waals surface area (Å²) in [5.74, 6) is -3.66. The molecule has 0 atom stereocenters. The number of rotatable bonds is 2. The molecular weight excluding hydrogens is 216 g/mol. The van der Waals surface area contributed by atoms with Gasteiger partial charge in [-0.1, -0.05) is 6.92 Å². The van der Waals surface area contributed by atoms with E-state index < -0.39 is 23.3 Å². The van der Waals surface area contributed by atoms with Crippen LogP contribution in [0.3, 0.4) is 0 Å². The Morgan fingerprint density at radius 2 is 1.81 bits per heavy atom. The molecule has 3 nitrogen and oxygen atoms in total. The van der Waals surface area contributed by atoms with Crippen LogP contribution in [0, 0.1) is 11.6 Å². The topological polar surface area (TPSA) is 37.4 Å². The van der Waals surface area contributed by atoms with E-state index in [0.29, 0.717) is 13.0 Å². The summed E-state index contributed by atoms with van der Waals surface area (Å²) in [6.45, 7) is 2.15. The highest BCUT2D eigenvalue weighted by Gasteiger charge is 2.36. The third-order valence-corrected chi connectivity index (χ3v) is 2.46. The SMILES string of the molecule is CCCN1C(=O)C(=O)c2cc(F)c(F)cc21. The third kappa shape index (κ3) is 1.39. The zero-order valence-corrected chi connectivity index (χ0v) is 8.59. The second-order valence-corrected chi connectivity index (χ2v) is 3.57. The van der Waals surface area contributed by atoms with Crippen molar-refractivity contribution in [3.8, 4) is 0 Å². The predicted octanol–water partition coefficient (Wildman–Crippen LogP) is 1.90. The van der Waals surface area contributed by atoms with Crippen molar-refractivity contribution in [3.05, 3.63) is 29.3 Å². The van der Waals surface area contributed by atoms with Crippen molar-refractivity contribution in [2.45, 2.75) is 13.3 Å². The molecule has 0 fully saturated rings. The summed E-state index contributed by atoms with van der Waals surface area (Å²) in [4.78, 5) is 24.2. The molecule has 1 amide bonds. The molecule has 84 valence electrons. The maximum absolute atomic E-state index is 13.0. The van der Waals surface area contributed by atoms with Gasteiger partial charge in [0.1, 0.15) is 0 Å². The Morgan fingerprint density at radius 1 is 1.19 bits per heavy atom. The highest BCUT2D eigenvalue weighted by molar-refractivity contribution is 6.52. The van der Waals surface area contributed by atoms with Crippen LogP contribution in [0.25, 0.3) is 0 Å². The number of nitrogens with zero attached hydrogens (tertiary/aromatic N) is 1. The standard InChI is InChI=1S/C11H9F2NO2/c1-2-3-14-9-5-8(13)7(12)4-6(9)10(15)11(14)16/h4-5H,2-3H2,1H3. The van der Waals surface area contributed by atoms with Crippen LogP contribution >= 0.6 is 0 Å². The molecule has 0 bridgehead atoms. The Morgan fingerprint density at radius 3 is 2.44 bits per heavy atom. The number of ketones is 1. The van der Waals surface area contributed by atoms with Gasteiger partial charge in [-0.25, -0.2) is 8.78 Å². The Labute approximate surface area is 90.7 Å². The molecule has 1 aliphatic heterocycles. The van der Waals surface area contributed by atoms with Crippen molar-refractivity contribution >= 4 is 17.4 Å². The van der Waals surface area contributed by atoms with Gasteiger partial charge in [-0.2, -0.15) is 0 Å². The van der Waals surface area contributed by atoms with Gasteiger partial charge in [-0.05, 0) is 12.5 Å². The van der Waals surface area contributed by atoms with E-state index in [4.69, 9.17) is 0 Å². The van der Waals surface area contributed by atoms with Crippen LogP contribution in [0.4, 0.5) is 14.5 Å². The minimum atomic E-state index is -1.11. The summed E-state index contributed by atoms with van der Waals surface area (Å²) in [6.07, 6.45) is 0.636. The van der Waals surface area contributed by atoms with Gasteiger partial charge in [0.25, 0.3) is 11.7 Å². The predicted molar refractivity (Wildman–Crippen MR) is 53.3 cm³/mol. The monoisotopic (exact) mass is 225 g/mol. The molecule has 0 radical (unpaired) electrons. The normalized spacial score (nSPS) is 14.6. The molecule has 5 heteroatoms. The zero-order chi connectivity index (χ0) is 11.9. The number of carbonyl (C=O) groups is 2. The number of halogens is 2. The smallest absolute Gasteiger partial charge is 0.299 e. The van der Waals surface area contributed by atoms with Gasteiger partial charge in [-0.15, -0.1) is 0 Å². The van der Waals surface area contributed by atoms with E-state index >= 15 is 0 Å². The first-order chi connectivity index (χ1) is 7.56. The number of Topliss-reactive ketones (excluding diaryl/α,β-unsaturated/α-hetero) is 1. The highest BCUT2D eigenvalue weighted by Crippen LogP contribution is 2.30. The first kappa shape index (κ1) is 10.7. The number of benzene rings is 1. The van der Waals surface area contributed by atoms with Crippen molar-refractivity contribution in [3.63, 3.8) is 0 Å². The lowest BCUT2D eigenvalue weighted by molar-refractivity contribution is -0.114. The molecule has 1 heterocycles. The second-order valence-electron chi connectivity index (χ2n) is 3.57. The largest absolute Gasteiger partial charge is 0.305 e. The van der Waals surface area contributed by atoms with Crippen molar-refractivity contribution in [1.82, 2.24) is 0 Å². The van der Waals surface area contributed by atoms with Gasteiger partial charge < -0.3 is 4.90 Å². The lowest BCUT2D eigenvalue weighted by Crippen LogP contribution is -2.30. The first-order valence-electron chi connectivity index (χ1n) is 4.91. The minimum Gasteiger partial charge on any atom is -0.305 e. The number of anilines is 1. The fourth-order valence-corrected chi connectivity index (χ4v) is 1.73. The van der Waals surface area contributed by atoms with Crippen molar-refractivity contribution < 1.29 is 18.4 Å². The fourth-order valence-electron chi connectivity index (χ4n) is 1.73. The Bertz CT molecular complexity index is 485. The van der Waals surface area contributed by atoms with E-state index in [1.54, 1.807) is 0 Å². The lowest BCUT2D eigenvalue weighted by Gasteiger charge is -2.14. The van der Waals surface area contributed by atoms with Gasteiger partial charge in [0.05, 0.1) is 11.3 Å². The summed E-state index contributed by atoms with van der Waals surface area (Å²) in [5.41, 5.74) is 0.105. The van der Waals surface area contributed by atoms with E-state index in [-0.39, 0.29) is 11.3 Å². The van der Waals surface area contributed by atoms with Gasteiger partial charge in [0, 0.05) is 12.6 Å². The van der Waals surface area contributed by atoms with Crippen molar-refractivity contribution in [2.24, 2.45) is 0 Å². The van der Waals surface area contributed by atoms with Crippen LogP contribution in [0.15, 0.2) is 12.1 Å². The van der Waals surface area contributed by atoms with E-state index in [1.807, 2.05) is 6.92 Å². The summed E-state index contributed by atoms with van der Waals surface area (Å²) < 4.78 is 25.9. The molecule has 2 rings (SSSR count). The Hall–Kier alpha value is -1.78. The van der Waals surface area contributed by atoms with Crippen LogP contribution in [-0.4, -0.2) is 18.2 Å². The second kappa shape index (κ2) is 3.66. The molecule has 0 unspecified atom stereocenters. The molecule has 1 aromatic rings. The summed E-state index contributed by atoms with van der Waals surface area (Å²) in [7, 11) is 0. The Balaban J connectivity index is 2.56. The van der Waals surface area contributed by atoms with Crippen molar-refractivity contribution in [1.29, 1.82) is 0 Å². The molecule has 0 aliphatic carbocycles. The molecule has 16 heavy (non-hydrogen) atoms. The quantitative estimate of drug-likeness (QED) is 0.721. The zero-order valence-electron chi connectivity index (χ0n) is 8.59. The molecule has 0 aromatic heterocycles. The maximum atomic E-state index is 13.0. The van der Waals surface area contributed by atoms with Gasteiger partial charge >= 0.3 is 0 Å². The summed E-state index contributed by atoms with van der Waals surface area (Å²) >= 11 is 0. The number of amides is 1. The first-order valence-corrected chi connectivity index (χ1v) is 4.91. The number of carbonyl (C=O) groups excluding carboxylic acids is 2. The third-order valence-electron chi connectivity index (χ3n) is 2.46. The van der Waals surface area contributed by atoms with Gasteiger partial charge in [-0.3, -0.25) is 9.59 Å². The maximum Gasteiger partial charge on any atom is 0.299 e. The van der Waals surface area contributed by atoms with Crippen LogP contribution in [-0.2, 0) is 4.79 Å². The van der Waals surface area contributed by atoms with Crippen LogP contribution < -0.4 is 4.90 Å². The van der Waals surface area contributed by atoms with E-state index in [9.17, 15) is 18.4 Å². The van der Waals surface area contributed by atoms with E-state index in [0.717, 1.165) is 12.1 Å². The lowest BCUT2D eigenvalue weighted by atomic mass is 10.1. The van der Waals surface area contributed by atoms with Crippen molar-refractivity contribution in [2.75, 3.05) is 11.4 Å². The average molecular weight is 225 g/mol. The molecular formula is C11H9F2NO2. The number of fused-ring (bicyclic) bond motifs is 1. The molecule has 0 N–H and O–H groups in total. The number of hydrogen-bond acceptors (Lipinski definition) is 2. The average Bonchev–Trinajstić information content (AvgIpc) is 2.46.